The standard InChI is InChI=1S/C14H19N3S3/c18-14-17(8-12-4-1-2-6-15-12)10-16(11-20-14)9-13-5-3-7-19-13/h1-2,4,6,13H,3,5,7-11H2. The first-order valence-electron chi connectivity index (χ1n) is 6.97. The highest BCUT2D eigenvalue weighted by atomic mass is 32.2. The monoisotopic (exact) mass is 325 g/mol. The van der Waals surface area contributed by atoms with E-state index in [2.05, 4.69) is 32.6 Å². The molecule has 2 aliphatic rings. The molecule has 3 rings (SSSR count). The molecule has 0 saturated carbocycles. The van der Waals surface area contributed by atoms with Crippen LogP contribution in [0.1, 0.15) is 18.5 Å². The molecule has 0 aromatic carbocycles. The number of nitrogens with zero attached hydrogens (tertiary/aromatic N) is 3. The Bertz CT molecular complexity index is 448. The lowest BCUT2D eigenvalue weighted by atomic mass is 10.2. The molecular formula is C14H19N3S3. The highest BCUT2D eigenvalue weighted by molar-refractivity contribution is 8.22. The summed E-state index contributed by atoms with van der Waals surface area (Å²) in [6.45, 7) is 2.96. The zero-order chi connectivity index (χ0) is 13.8. The van der Waals surface area contributed by atoms with Crippen LogP contribution in [0, 0.1) is 0 Å². The van der Waals surface area contributed by atoms with Gasteiger partial charge in [0.15, 0.2) is 0 Å². The average molecular weight is 326 g/mol. The molecule has 20 heavy (non-hydrogen) atoms. The Labute approximate surface area is 134 Å². The third-order valence-electron chi connectivity index (χ3n) is 3.56. The Morgan fingerprint density at radius 2 is 2.35 bits per heavy atom. The van der Waals surface area contributed by atoms with E-state index in [9.17, 15) is 0 Å². The van der Waals surface area contributed by atoms with Crippen LogP contribution < -0.4 is 0 Å². The summed E-state index contributed by atoms with van der Waals surface area (Å²) in [7, 11) is 0. The SMILES string of the molecule is S=C1SCN(CC2CCCS2)CN1Cc1ccccn1. The van der Waals surface area contributed by atoms with E-state index in [-0.39, 0.29) is 0 Å². The molecule has 2 saturated heterocycles. The van der Waals surface area contributed by atoms with Crippen LogP contribution in [0.25, 0.3) is 0 Å². The van der Waals surface area contributed by atoms with E-state index in [1.807, 2.05) is 18.3 Å². The van der Waals surface area contributed by atoms with E-state index in [1.165, 1.54) is 25.1 Å². The Morgan fingerprint density at radius 3 is 3.10 bits per heavy atom. The largest absolute Gasteiger partial charge is 0.339 e. The summed E-state index contributed by atoms with van der Waals surface area (Å²) >= 11 is 9.40. The van der Waals surface area contributed by atoms with Gasteiger partial charge >= 0.3 is 0 Å². The van der Waals surface area contributed by atoms with Gasteiger partial charge in [0, 0.05) is 18.0 Å². The van der Waals surface area contributed by atoms with E-state index in [1.54, 1.807) is 11.8 Å². The van der Waals surface area contributed by atoms with Gasteiger partial charge in [-0.3, -0.25) is 9.88 Å². The van der Waals surface area contributed by atoms with Crippen molar-refractivity contribution in [3.05, 3.63) is 30.1 Å². The molecule has 6 heteroatoms. The first kappa shape index (κ1) is 14.6. The van der Waals surface area contributed by atoms with Crippen LogP contribution in [-0.2, 0) is 6.54 Å². The quantitative estimate of drug-likeness (QED) is 0.787. The van der Waals surface area contributed by atoms with Gasteiger partial charge in [-0.15, -0.1) is 0 Å². The molecule has 0 N–H and O–H groups in total. The normalized spacial score (nSPS) is 24.3. The maximum Gasteiger partial charge on any atom is 0.139 e. The molecule has 0 bridgehead atoms. The first-order valence-corrected chi connectivity index (χ1v) is 9.41. The molecular weight excluding hydrogens is 306 g/mol. The number of hydrogen-bond donors (Lipinski definition) is 0. The lowest BCUT2D eigenvalue weighted by molar-refractivity contribution is 0.206. The Morgan fingerprint density at radius 1 is 1.40 bits per heavy atom. The Balaban J connectivity index is 1.57. The number of thiocarbonyl (C=S) groups is 1. The molecule has 1 unspecified atom stereocenters. The molecule has 1 atom stereocenters. The predicted octanol–water partition coefficient (Wildman–Crippen LogP) is 3.03. The van der Waals surface area contributed by atoms with Crippen molar-refractivity contribution in [2.45, 2.75) is 24.6 Å². The van der Waals surface area contributed by atoms with Crippen LogP contribution in [0.5, 0.6) is 0 Å². The summed E-state index contributed by atoms with van der Waals surface area (Å²) in [6, 6.07) is 6.06. The van der Waals surface area contributed by atoms with Gasteiger partial charge in [0.2, 0.25) is 0 Å². The molecule has 2 aliphatic heterocycles. The molecule has 3 nitrogen and oxygen atoms in total. The summed E-state index contributed by atoms with van der Waals surface area (Å²) < 4.78 is 1.01. The second-order valence-corrected chi connectivity index (χ2v) is 8.18. The van der Waals surface area contributed by atoms with Crippen molar-refractivity contribution < 1.29 is 0 Å². The number of rotatable bonds is 4. The molecule has 0 aliphatic carbocycles. The molecule has 108 valence electrons. The molecule has 0 radical (unpaired) electrons. The minimum absolute atomic E-state index is 0.818. The van der Waals surface area contributed by atoms with Gasteiger partial charge in [0.25, 0.3) is 0 Å². The van der Waals surface area contributed by atoms with Gasteiger partial charge in [0.05, 0.1) is 24.8 Å². The summed E-state index contributed by atoms with van der Waals surface area (Å²) in [5.74, 6) is 2.37. The number of pyridine rings is 1. The van der Waals surface area contributed by atoms with Crippen molar-refractivity contribution in [3.8, 4) is 0 Å². The smallest absolute Gasteiger partial charge is 0.139 e. The van der Waals surface area contributed by atoms with Crippen LogP contribution in [0.4, 0.5) is 0 Å². The van der Waals surface area contributed by atoms with Crippen LogP contribution in [0.15, 0.2) is 24.4 Å². The van der Waals surface area contributed by atoms with Gasteiger partial charge < -0.3 is 4.90 Å². The van der Waals surface area contributed by atoms with Crippen molar-refractivity contribution in [2.75, 3.05) is 24.8 Å². The fourth-order valence-electron chi connectivity index (χ4n) is 2.57. The van der Waals surface area contributed by atoms with Gasteiger partial charge in [-0.05, 0) is 30.7 Å². The third kappa shape index (κ3) is 3.87. The zero-order valence-electron chi connectivity index (χ0n) is 11.4. The van der Waals surface area contributed by atoms with Crippen molar-refractivity contribution in [1.29, 1.82) is 0 Å². The summed E-state index contributed by atoms with van der Waals surface area (Å²) in [5, 5.41) is 0.818. The average Bonchev–Trinajstić information content (AvgIpc) is 2.97. The second-order valence-electron chi connectivity index (χ2n) is 5.19. The number of hydrogen-bond acceptors (Lipinski definition) is 5. The van der Waals surface area contributed by atoms with Gasteiger partial charge in [-0.2, -0.15) is 11.8 Å². The highest BCUT2D eigenvalue weighted by Gasteiger charge is 2.25. The van der Waals surface area contributed by atoms with E-state index in [0.717, 1.165) is 34.4 Å². The maximum absolute atomic E-state index is 5.49. The van der Waals surface area contributed by atoms with Crippen molar-refractivity contribution in [2.24, 2.45) is 0 Å². The van der Waals surface area contributed by atoms with Crippen molar-refractivity contribution in [1.82, 2.24) is 14.8 Å². The Hall–Kier alpha value is -0.300. The molecule has 1 aromatic heterocycles. The van der Waals surface area contributed by atoms with E-state index < -0.39 is 0 Å². The van der Waals surface area contributed by atoms with Crippen molar-refractivity contribution >= 4 is 40.1 Å². The van der Waals surface area contributed by atoms with Crippen LogP contribution in [0.3, 0.4) is 0 Å². The number of thioether (sulfide) groups is 2. The topological polar surface area (TPSA) is 19.4 Å². The van der Waals surface area contributed by atoms with E-state index in [4.69, 9.17) is 12.2 Å². The lowest BCUT2D eigenvalue weighted by Gasteiger charge is -2.37. The molecule has 0 amide bonds. The maximum atomic E-state index is 5.49. The van der Waals surface area contributed by atoms with Crippen LogP contribution in [-0.4, -0.2) is 49.2 Å². The number of aromatic nitrogens is 1. The van der Waals surface area contributed by atoms with E-state index >= 15 is 0 Å². The zero-order valence-corrected chi connectivity index (χ0v) is 13.9. The van der Waals surface area contributed by atoms with Crippen LogP contribution in [0.2, 0.25) is 0 Å². The van der Waals surface area contributed by atoms with Gasteiger partial charge in [-0.25, -0.2) is 0 Å². The first-order chi connectivity index (χ1) is 9.81. The van der Waals surface area contributed by atoms with Crippen LogP contribution >= 0.6 is 35.7 Å². The van der Waals surface area contributed by atoms with Crippen molar-refractivity contribution in [3.63, 3.8) is 0 Å². The molecule has 0 spiro atoms. The summed E-state index contributed by atoms with van der Waals surface area (Å²) in [5.41, 5.74) is 1.09. The molecule has 2 fully saturated rings. The predicted molar refractivity (Wildman–Crippen MR) is 91.9 cm³/mol. The van der Waals surface area contributed by atoms with Gasteiger partial charge in [-0.1, -0.05) is 30.0 Å². The summed E-state index contributed by atoms with van der Waals surface area (Å²) in [4.78, 5) is 9.19. The minimum Gasteiger partial charge on any atom is -0.339 e. The molecule has 1 aromatic rings. The third-order valence-corrected chi connectivity index (χ3v) is 6.56. The summed E-state index contributed by atoms with van der Waals surface area (Å²) in [6.07, 6.45) is 4.60. The minimum atomic E-state index is 0.818. The molecule has 3 heterocycles. The fraction of sp³-hybridized carbons (Fsp3) is 0.571. The fourth-order valence-corrected chi connectivity index (χ4v) is 4.95. The second kappa shape index (κ2) is 7.11. The Kier molecular flexibility index (Phi) is 5.20. The van der Waals surface area contributed by atoms with Gasteiger partial charge in [0.1, 0.15) is 4.32 Å². The highest BCUT2D eigenvalue weighted by Crippen LogP contribution is 2.29. The lowest BCUT2D eigenvalue weighted by Crippen LogP contribution is -2.46. The van der Waals surface area contributed by atoms with E-state index in [0.29, 0.717) is 0 Å².